The maximum Gasteiger partial charge on any atom is 0.251 e. The number of hydrogen-bond acceptors (Lipinski definition) is 3. The van der Waals surface area contributed by atoms with Crippen molar-refractivity contribution in [2.45, 2.75) is 19.0 Å². The van der Waals surface area contributed by atoms with Gasteiger partial charge in [0.25, 0.3) is 6.43 Å². The second-order valence-corrected chi connectivity index (χ2v) is 5.71. The summed E-state index contributed by atoms with van der Waals surface area (Å²) in [4.78, 5) is 1.42. The number of aliphatic hydroxyl groups is 2. The smallest absolute Gasteiger partial charge is 0.251 e. The highest BCUT2D eigenvalue weighted by Gasteiger charge is 2.16. The first kappa shape index (κ1) is 17.8. The van der Waals surface area contributed by atoms with E-state index in [0.717, 1.165) is 4.47 Å². The van der Waals surface area contributed by atoms with Crippen LogP contribution < -0.4 is 0 Å². The van der Waals surface area contributed by atoms with Gasteiger partial charge < -0.3 is 10.2 Å². The molecule has 0 aliphatic carbocycles. The highest BCUT2D eigenvalue weighted by atomic mass is 79.9. The van der Waals surface area contributed by atoms with Crippen LogP contribution >= 0.6 is 27.5 Å². The van der Waals surface area contributed by atoms with Crippen LogP contribution in [0.1, 0.15) is 18.1 Å². The van der Waals surface area contributed by atoms with Crippen LogP contribution in [-0.4, -0.2) is 47.8 Å². The van der Waals surface area contributed by atoms with Gasteiger partial charge >= 0.3 is 0 Å². The molecule has 1 aromatic carbocycles. The number of benzene rings is 1. The molecule has 0 aliphatic rings. The molecule has 0 spiro atoms. The van der Waals surface area contributed by atoms with Crippen molar-refractivity contribution in [2.75, 3.05) is 26.2 Å². The fraction of sp³-hybridized carbons (Fsp3) is 0.538. The van der Waals surface area contributed by atoms with Crippen molar-refractivity contribution in [3.63, 3.8) is 0 Å². The number of hydrogen-bond donors (Lipinski definition) is 2. The minimum atomic E-state index is -2.46. The zero-order chi connectivity index (χ0) is 15.1. The molecule has 20 heavy (non-hydrogen) atoms. The number of alkyl halides is 2. The summed E-state index contributed by atoms with van der Waals surface area (Å²) < 4.78 is 25.5. The summed E-state index contributed by atoms with van der Waals surface area (Å²) in [5, 5.41) is 19.3. The Kier molecular flexibility index (Phi) is 7.91. The quantitative estimate of drug-likeness (QED) is 0.737. The van der Waals surface area contributed by atoms with Crippen LogP contribution in [0.25, 0.3) is 0 Å². The van der Waals surface area contributed by atoms with E-state index in [4.69, 9.17) is 16.7 Å². The fourth-order valence-electron chi connectivity index (χ4n) is 1.86. The molecule has 0 saturated carbocycles. The van der Waals surface area contributed by atoms with Gasteiger partial charge in [0, 0.05) is 22.6 Å². The van der Waals surface area contributed by atoms with E-state index in [1.807, 2.05) is 0 Å². The summed E-state index contributed by atoms with van der Waals surface area (Å²) in [6.07, 6.45) is -3.02. The second kappa shape index (κ2) is 8.89. The van der Waals surface area contributed by atoms with Gasteiger partial charge in [0.2, 0.25) is 0 Å². The predicted molar refractivity (Wildman–Crippen MR) is 78.3 cm³/mol. The molecular formula is C13H17BrClF2NO2. The van der Waals surface area contributed by atoms with Gasteiger partial charge in [-0.3, -0.25) is 4.90 Å². The average Bonchev–Trinajstić information content (AvgIpc) is 2.35. The summed E-state index contributed by atoms with van der Waals surface area (Å²) in [5.74, 6) is 0. The van der Waals surface area contributed by atoms with Crippen LogP contribution in [0.2, 0.25) is 5.02 Å². The van der Waals surface area contributed by atoms with Gasteiger partial charge in [-0.05, 0) is 24.1 Å². The molecule has 3 nitrogen and oxygen atoms in total. The van der Waals surface area contributed by atoms with Gasteiger partial charge in [-0.1, -0.05) is 33.6 Å². The molecule has 7 heteroatoms. The molecule has 0 radical (unpaired) electrons. The lowest BCUT2D eigenvalue weighted by atomic mass is 10.1. The molecule has 114 valence electrons. The highest BCUT2D eigenvalue weighted by Crippen LogP contribution is 2.28. The topological polar surface area (TPSA) is 43.7 Å². The third-order valence-corrected chi connectivity index (χ3v) is 3.67. The minimum absolute atomic E-state index is 0.158. The first-order valence-corrected chi connectivity index (χ1v) is 7.35. The van der Waals surface area contributed by atoms with E-state index >= 15 is 0 Å². The number of halogens is 4. The summed E-state index contributed by atoms with van der Waals surface area (Å²) in [6.45, 7) is -0.188. The van der Waals surface area contributed by atoms with Crippen molar-refractivity contribution in [1.82, 2.24) is 4.90 Å². The Hall–Kier alpha value is -0.270. The van der Waals surface area contributed by atoms with E-state index in [0.29, 0.717) is 10.6 Å². The monoisotopic (exact) mass is 371 g/mol. The van der Waals surface area contributed by atoms with E-state index < -0.39 is 19.1 Å². The Bertz CT molecular complexity index is 423. The molecule has 0 fully saturated rings. The molecule has 0 aromatic heterocycles. The molecule has 0 amide bonds. The van der Waals surface area contributed by atoms with Gasteiger partial charge in [-0.15, -0.1) is 0 Å². The van der Waals surface area contributed by atoms with Crippen LogP contribution in [0.3, 0.4) is 0 Å². The van der Waals surface area contributed by atoms with Gasteiger partial charge in [0.15, 0.2) is 0 Å². The molecule has 1 aromatic rings. The summed E-state index contributed by atoms with van der Waals surface area (Å²) in [7, 11) is 0. The Morgan fingerprint density at radius 2 is 2.00 bits per heavy atom. The van der Waals surface area contributed by atoms with Gasteiger partial charge in [0.1, 0.15) is 0 Å². The van der Waals surface area contributed by atoms with Crippen molar-refractivity contribution >= 4 is 27.5 Å². The summed E-state index contributed by atoms with van der Waals surface area (Å²) in [6, 6.07) is 5.13. The zero-order valence-corrected chi connectivity index (χ0v) is 13.1. The lowest BCUT2D eigenvalue weighted by molar-refractivity contribution is 0.0660. The molecule has 1 atom stereocenters. The summed E-state index contributed by atoms with van der Waals surface area (Å²) >= 11 is 9.29. The van der Waals surface area contributed by atoms with E-state index in [-0.39, 0.29) is 26.1 Å². The first-order chi connectivity index (χ1) is 9.43. The molecule has 1 rings (SSSR count). The first-order valence-electron chi connectivity index (χ1n) is 6.18. The Balaban J connectivity index is 2.57. The SMILES string of the molecule is OCCN(CCC(O)c1ccc(Br)cc1Cl)CC(F)F. The molecular weight excluding hydrogens is 356 g/mol. The van der Waals surface area contributed by atoms with Crippen molar-refractivity contribution < 1.29 is 19.0 Å². The zero-order valence-electron chi connectivity index (χ0n) is 10.8. The van der Waals surface area contributed by atoms with Crippen molar-refractivity contribution in [2.24, 2.45) is 0 Å². The molecule has 0 saturated heterocycles. The number of aliphatic hydroxyl groups excluding tert-OH is 2. The third kappa shape index (κ3) is 6.01. The predicted octanol–water partition coefficient (Wildman–Crippen LogP) is 3.09. The highest BCUT2D eigenvalue weighted by molar-refractivity contribution is 9.10. The van der Waals surface area contributed by atoms with Crippen LogP contribution in [0.5, 0.6) is 0 Å². The molecule has 0 bridgehead atoms. The van der Waals surface area contributed by atoms with Crippen molar-refractivity contribution in [1.29, 1.82) is 0 Å². The van der Waals surface area contributed by atoms with Gasteiger partial charge in [-0.25, -0.2) is 8.78 Å². The lowest BCUT2D eigenvalue weighted by Gasteiger charge is -2.22. The minimum Gasteiger partial charge on any atom is -0.395 e. The summed E-state index contributed by atoms with van der Waals surface area (Å²) in [5.41, 5.74) is 0.566. The maximum absolute atomic E-state index is 12.4. The normalized spacial score (nSPS) is 13.2. The molecule has 1 unspecified atom stereocenters. The standard InChI is InChI=1S/C13H17BrClF2NO2/c14-9-1-2-10(11(15)7-9)12(20)3-4-18(5-6-19)8-13(16)17/h1-2,7,12-13,19-20H,3-6,8H2. The Morgan fingerprint density at radius 1 is 1.30 bits per heavy atom. The van der Waals surface area contributed by atoms with E-state index in [9.17, 15) is 13.9 Å². The van der Waals surface area contributed by atoms with Crippen LogP contribution in [-0.2, 0) is 0 Å². The van der Waals surface area contributed by atoms with Crippen LogP contribution in [0.15, 0.2) is 22.7 Å². The van der Waals surface area contributed by atoms with Crippen LogP contribution in [0.4, 0.5) is 8.78 Å². The molecule has 2 N–H and O–H groups in total. The maximum atomic E-state index is 12.4. The number of nitrogens with zero attached hydrogens (tertiary/aromatic N) is 1. The van der Waals surface area contributed by atoms with E-state index in [1.54, 1.807) is 18.2 Å². The number of rotatable bonds is 8. The third-order valence-electron chi connectivity index (χ3n) is 2.85. The lowest BCUT2D eigenvalue weighted by Crippen LogP contribution is -2.33. The van der Waals surface area contributed by atoms with Crippen molar-refractivity contribution in [3.05, 3.63) is 33.3 Å². The largest absolute Gasteiger partial charge is 0.395 e. The van der Waals surface area contributed by atoms with Crippen molar-refractivity contribution in [3.8, 4) is 0 Å². The molecule has 0 heterocycles. The van der Waals surface area contributed by atoms with Gasteiger partial charge in [-0.2, -0.15) is 0 Å². The Labute approximate surface area is 130 Å². The second-order valence-electron chi connectivity index (χ2n) is 4.39. The van der Waals surface area contributed by atoms with E-state index in [2.05, 4.69) is 15.9 Å². The van der Waals surface area contributed by atoms with E-state index in [1.165, 1.54) is 4.90 Å². The average molecular weight is 373 g/mol. The van der Waals surface area contributed by atoms with Gasteiger partial charge in [0.05, 0.1) is 19.3 Å². The molecule has 0 aliphatic heterocycles. The Morgan fingerprint density at radius 3 is 2.55 bits per heavy atom. The fourth-order valence-corrected chi connectivity index (χ4v) is 2.66. The van der Waals surface area contributed by atoms with Crippen LogP contribution in [0, 0.1) is 0 Å².